The van der Waals surface area contributed by atoms with Crippen molar-refractivity contribution in [1.29, 1.82) is 0 Å². The van der Waals surface area contributed by atoms with Crippen LogP contribution in [0, 0.1) is 0 Å². The molecule has 6 heterocycles. The third kappa shape index (κ3) is 5.06. The van der Waals surface area contributed by atoms with Gasteiger partial charge < -0.3 is 20.1 Å². The van der Waals surface area contributed by atoms with Crippen molar-refractivity contribution in [1.82, 2.24) is 39.6 Å². The molecule has 0 aromatic carbocycles. The molecule has 202 valence electrons. The van der Waals surface area contributed by atoms with E-state index in [0.717, 1.165) is 39.8 Å². The molecule has 0 aliphatic carbocycles. The molecule has 1 aliphatic heterocycles. The van der Waals surface area contributed by atoms with E-state index in [4.69, 9.17) is 0 Å². The van der Waals surface area contributed by atoms with Crippen LogP contribution in [-0.2, 0) is 4.79 Å². The topological polar surface area (TPSA) is 124 Å². The smallest absolute Gasteiger partial charge is 0.255 e. The highest BCUT2D eigenvalue weighted by Gasteiger charge is 2.30. The van der Waals surface area contributed by atoms with E-state index in [1.807, 2.05) is 48.3 Å². The maximum Gasteiger partial charge on any atom is 0.255 e. The minimum atomic E-state index is -0.262. The maximum atomic E-state index is 13.3. The van der Waals surface area contributed by atoms with Gasteiger partial charge in [0.1, 0.15) is 5.65 Å². The molecule has 0 saturated carbocycles. The number of rotatable bonds is 7. The summed E-state index contributed by atoms with van der Waals surface area (Å²) in [6.45, 7) is 1.86. The molecule has 0 bridgehead atoms. The summed E-state index contributed by atoms with van der Waals surface area (Å²) in [5.41, 5.74) is 5.71. The van der Waals surface area contributed by atoms with Gasteiger partial charge >= 0.3 is 0 Å². The number of aromatic amines is 1. The van der Waals surface area contributed by atoms with Crippen molar-refractivity contribution < 1.29 is 9.59 Å². The molecular formula is C29H29N9O2. The molecule has 6 rings (SSSR count). The van der Waals surface area contributed by atoms with E-state index in [9.17, 15) is 9.59 Å². The molecule has 0 spiro atoms. The van der Waals surface area contributed by atoms with Crippen molar-refractivity contribution in [3.8, 4) is 11.1 Å². The summed E-state index contributed by atoms with van der Waals surface area (Å²) in [6, 6.07) is 9.69. The number of aromatic nitrogens is 6. The van der Waals surface area contributed by atoms with E-state index in [-0.39, 0.29) is 17.7 Å². The molecule has 2 N–H and O–H groups in total. The maximum absolute atomic E-state index is 13.3. The number of likely N-dealkylation sites (N-methyl/N-ethyl adjacent to an activating group) is 1. The number of hydrogen-bond donors (Lipinski definition) is 2. The Morgan fingerprint density at radius 1 is 1.12 bits per heavy atom. The van der Waals surface area contributed by atoms with Crippen LogP contribution in [0.25, 0.3) is 27.7 Å². The van der Waals surface area contributed by atoms with Crippen molar-refractivity contribution in [2.24, 2.45) is 0 Å². The van der Waals surface area contributed by atoms with Crippen LogP contribution in [0.2, 0.25) is 0 Å². The van der Waals surface area contributed by atoms with Gasteiger partial charge in [0.05, 0.1) is 29.2 Å². The Kier molecular flexibility index (Phi) is 6.79. The summed E-state index contributed by atoms with van der Waals surface area (Å²) in [4.78, 5) is 41.6. The highest BCUT2D eigenvalue weighted by Crippen LogP contribution is 2.35. The van der Waals surface area contributed by atoms with Crippen LogP contribution in [0.15, 0.2) is 73.5 Å². The van der Waals surface area contributed by atoms with E-state index in [2.05, 4.69) is 36.5 Å². The fraction of sp³-hybridized carbons (Fsp3) is 0.241. The second-order valence-electron chi connectivity index (χ2n) is 10.2. The monoisotopic (exact) mass is 535 g/mol. The van der Waals surface area contributed by atoms with E-state index < -0.39 is 0 Å². The lowest BCUT2D eigenvalue weighted by atomic mass is 10.0. The molecule has 11 nitrogen and oxygen atoms in total. The molecule has 1 aliphatic rings. The van der Waals surface area contributed by atoms with Gasteiger partial charge in [-0.1, -0.05) is 6.08 Å². The lowest BCUT2D eigenvalue weighted by Crippen LogP contribution is -2.28. The van der Waals surface area contributed by atoms with E-state index in [1.54, 1.807) is 29.2 Å². The van der Waals surface area contributed by atoms with Crippen LogP contribution in [0.4, 0.5) is 5.69 Å². The molecule has 5 aromatic heterocycles. The minimum absolute atomic E-state index is 0.108. The van der Waals surface area contributed by atoms with Gasteiger partial charge in [-0.05, 0) is 56.4 Å². The summed E-state index contributed by atoms with van der Waals surface area (Å²) >= 11 is 0. The number of anilines is 1. The fourth-order valence-electron chi connectivity index (χ4n) is 5.10. The quantitative estimate of drug-likeness (QED) is 0.306. The standard InChI is InChI=1S/C29H29N9O2/c1-36(2)11-4-6-27(39)34-21-13-20(15-30-16-21)29(40)37-12-8-19(18-37)25-14-23-22(7-10-31-28(23)35-25)24-17-33-38-26(24)5-3-9-32-38/h3-7,9-10,13-17,19H,8,11-12,18H2,1-2H3,(H,31,35)(H,34,39)/b6-4+. The van der Waals surface area contributed by atoms with Gasteiger partial charge in [-0.2, -0.15) is 14.8 Å². The summed E-state index contributed by atoms with van der Waals surface area (Å²) in [7, 11) is 3.86. The lowest BCUT2D eigenvalue weighted by molar-refractivity contribution is -0.111. The molecule has 1 unspecified atom stereocenters. The third-order valence-corrected chi connectivity index (χ3v) is 7.05. The van der Waals surface area contributed by atoms with Crippen molar-refractivity contribution in [3.05, 3.63) is 84.7 Å². The number of nitrogens with zero attached hydrogens (tertiary/aromatic N) is 7. The number of pyridine rings is 2. The van der Waals surface area contributed by atoms with Gasteiger partial charge in [0, 0.05) is 66.9 Å². The molecule has 1 atom stereocenters. The van der Waals surface area contributed by atoms with Crippen molar-refractivity contribution in [2.75, 3.05) is 39.0 Å². The SMILES string of the molecule is CN(C)C/C=C/C(=O)Nc1cncc(C(=O)N2CCC(c3cc4c(-c5cnn6ncccc56)ccnc4[nH]3)C2)c1. The van der Waals surface area contributed by atoms with Gasteiger partial charge in [0.2, 0.25) is 5.91 Å². The van der Waals surface area contributed by atoms with Gasteiger partial charge in [0.15, 0.2) is 0 Å². The predicted octanol–water partition coefficient (Wildman–Crippen LogP) is 3.35. The summed E-state index contributed by atoms with van der Waals surface area (Å²) in [5, 5.41) is 12.4. The number of nitrogens with one attached hydrogen (secondary N) is 2. The summed E-state index contributed by atoms with van der Waals surface area (Å²) in [6.07, 6.45) is 12.5. The second kappa shape index (κ2) is 10.7. The molecule has 1 saturated heterocycles. The van der Waals surface area contributed by atoms with Gasteiger partial charge in [-0.3, -0.25) is 14.6 Å². The average molecular weight is 536 g/mol. The Hall–Kier alpha value is -4.90. The Balaban J connectivity index is 1.17. The number of likely N-dealkylation sites (tertiary alicyclic amines) is 1. The number of carbonyl (C=O) groups excluding carboxylic acids is 2. The normalized spacial score (nSPS) is 15.6. The zero-order valence-corrected chi connectivity index (χ0v) is 22.3. The number of H-pyrrole nitrogens is 1. The van der Waals surface area contributed by atoms with Gasteiger partial charge in [0.25, 0.3) is 5.91 Å². The van der Waals surface area contributed by atoms with Gasteiger partial charge in [-0.25, -0.2) is 4.98 Å². The van der Waals surface area contributed by atoms with Gasteiger partial charge in [-0.15, -0.1) is 0 Å². The first-order valence-electron chi connectivity index (χ1n) is 13.1. The predicted molar refractivity (Wildman–Crippen MR) is 152 cm³/mol. The van der Waals surface area contributed by atoms with Crippen LogP contribution in [0.1, 0.15) is 28.4 Å². The first kappa shape index (κ1) is 25.4. The number of hydrogen-bond acceptors (Lipinski definition) is 7. The Bertz CT molecular complexity index is 1740. The molecule has 1 fully saturated rings. The molecule has 2 amide bonds. The molecular weight excluding hydrogens is 506 g/mol. The molecule has 11 heteroatoms. The van der Waals surface area contributed by atoms with Crippen molar-refractivity contribution in [2.45, 2.75) is 12.3 Å². The van der Waals surface area contributed by atoms with E-state index in [1.165, 1.54) is 18.5 Å². The van der Waals surface area contributed by atoms with Crippen LogP contribution in [0.5, 0.6) is 0 Å². The largest absolute Gasteiger partial charge is 0.343 e. The van der Waals surface area contributed by atoms with E-state index >= 15 is 0 Å². The molecule has 5 aromatic rings. The Labute approximate surface area is 230 Å². The minimum Gasteiger partial charge on any atom is -0.343 e. The first-order valence-corrected chi connectivity index (χ1v) is 13.1. The molecule has 40 heavy (non-hydrogen) atoms. The highest BCUT2D eigenvalue weighted by atomic mass is 16.2. The summed E-state index contributed by atoms with van der Waals surface area (Å²) < 4.78 is 1.62. The zero-order chi connectivity index (χ0) is 27.6. The average Bonchev–Trinajstić information content (AvgIpc) is 3.70. The number of carbonyl (C=O) groups is 2. The first-order chi connectivity index (χ1) is 19.5. The third-order valence-electron chi connectivity index (χ3n) is 7.05. The number of fused-ring (bicyclic) bond motifs is 2. The summed E-state index contributed by atoms with van der Waals surface area (Å²) in [5.74, 6) is -0.223. The lowest BCUT2D eigenvalue weighted by Gasteiger charge is -2.16. The van der Waals surface area contributed by atoms with Crippen LogP contribution < -0.4 is 5.32 Å². The van der Waals surface area contributed by atoms with Crippen LogP contribution >= 0.6 is 0 Å². The Morgan fingerprint density at radius 2 is 2.02 bits per heavy atom. The second-order valence-corrected chi connectivity index (χ2v) is 10.2. The molecule has 0 radical (unpaired) electrons. The number of amides is 2. The highest BCUT2D eigenvalue weighted by molar-refractivity contribution is 6.01. The van der Waals surface area contributed by atoms with Crippen LogP contribution in [-0.4, -0.2) is 85.1 Å². The van der Waals surface area contributed by atoms with Crippen molar-refractivity contribution >= 4 is 34.1 Å². The van der Waals surface area contributed by atoms with Crippen LogP contribution in [0.3, 0.4) is 0 Å². The van der Waals surface area contributed by atoms with Crippen molar-refractivity contribution in [3.63, 3.8) is 0 Å². The Morgan fingerprint density at radius 3 is 2.90 bits per heavy atom. The fourth-order valence-corrected chi connectivity index (χ4v) is 5.10. The zero-order valence-electron chi connectivity index (χ0n) is 22.3. The van der Waals surface area contributed by atoms with E-state index in [0.29, 0.717) is 30.9 Å².